The number of nitrogens with zero attached hydrogens (tertiary/aromatic N) is 2. The number of aliphatic imine (C=N–C) groups is 1. The van der Waals surface area contributed by atoms with Gasteiger partial charge in [0, 0.05) is 24.9 Å². The minimum Gasteiger partial charge on any atom is -0.450 e. The molecule has 1 aliphatic heterocycles. The van der Waals surface area contributed by atoms with E-state index in [1.54, 1.807) is 18.2 Å². The molecular weight excluding hydrogens is 402 g/mol. The topological polar surface area (TPSA) is 57.8 Å². The fourth-order valence-corrected chi connectivity index (χ4v) is 3.60. The van der Waals surface area contributed by atoms with Crippen LogP contribution in [0.2, 0.25) is 0 Å². The number of nitrogens with one attached hydrogen (secondary N) is 1. The van der Waals surface area contributed by atoms with Gasteiger partial charge < -0.3 is 14.6 Å². The smallest absolute Gasteiger partial charge is 0.264 e. The molecule has 0 saturated carbocycles. The molecule has 2 aromatic rings. The third-order valence-electron chi connectivity index (χ3n) is 3.73. The van der Waals surface area contributed by atoms with Crippen LogP contribution in [0.3, 0.4) is 0 Å². The highest BCUT2D eigenvalue weighted by Gasteiger charge is 2.24. The van der Waals surface area contributed by atoms with Crippen molar-refractivity contribution in [2.24, 2.45) is 4.99 Å². The van der Waals surface area contributed by atoms with Gasteiger partial charge in [0.2, 0.25) is 0 Å². The zero-order valence-corrected chi connectivity index (χ0v) is 16.4. The largest absolute Gasteiger partial charge is 0.450 e. The van der Waals surface area contributed by atoms with E-state index in [-0.39, 0.29) is 5.91 Å². The normalized spacial score (nSPS) is 17.3. The first-order valence-corrected chi connectivity index (χ1v) is 9.60. The van der Waals surface area contributed by atoms with E-state index in [2.05, 4.69) is 45.0 Å². The van der Waals surface area contributed by atoms with Gasteiger partial charge in [-0.15, -0.1) is 0 Å². The van der Waals surface area contributed by atoms with Gasteiger partial charge in [-0.2, -0.15) is 0 Å². The van der Waals surface area contributed by atoms with Gasteiger partial charge in [0.15, 0.2) is 9.84 Å². The molecule has 0 spiro atoms. The van der Waals surface area contributed by atoms with Gasteiger partial charge in [0.25, 0.3) is 5.91 Å². The van der Waals surface area contributed by atoms with E-state index in [9.17, 15) is 4.79 Å². The first-order chi connectivity index (χ1) is 12.1. The first kappa shape index (κ1) is 17.8. The summed E-state index contributed by atoms with van der Waals surface area (Å²) in [4.78, 5) is 19.4. The van der Waals surface area contributed by atoms with Crippen LogP contribution < -0.4 is 10.2 Å². The van der Waals surface area contributed by atoms with Gasteiger partial charge in [-0.1, -0.05) is 0 Å². The highest BCUT2D eigenvalue weighted by Crippen LogP contribution is 2.29. The number of amidine groups is 1. The van der Waals surface area contributed by atoms with Crippen molar-refractivity contribution in [3.8, 4) is 0 Å². The number of benzene rings is 1. The molecule has 1 aliphatic rings. The van der Waals surface area contributed by atoms with E-state index < -0.39 is 0 Å². The first-order valence-electron chi connectivity index (χ1n) is 7.99. The molecule has 0 bridgehead atoms. The minimum absolute atomic E-state index is 0.170. The molecule has 1 aromatic carbocycles. The third-order valence-corrected chi connectivity index (χ3v) is 5.06. The van der Waals surface area contributed by atoms with Crippen molar-refractivity contribution in [3.05, 3.63) is 51.7 Å². The summed E-state index contributed by atoms with van der Waals surface area (Å²) < 4.78 is 6.04. The van der Waals surface area contributed by atoms with E-state index >= 15 is 0 Å². The Balaban J connectivity index is 1.74. The fraction of sp³-hybridized carbons (Fsp3) is 0.222. The predicted octanol–water partition coefficient (Wildman–Crippen LogP) is 4.78. The van der Waals surface area contributed by atoms with Crippen LogP contribution in [-0.2, 0) is 4.79 Å². The summed E-state index contributed by atoms with van der Waals surface area (Å²) in [7, 11) is 0. The number of thioether (sulfide) groups is 1. The number of rotatable bonds is 5. The molecule has 0 atom stereocenters. The van der Waals surface area contributed by atoms with Gasteiger partial charge >= 0.3 is 0 Å². The van der Waals surface area contributed by atoms with Crippen LogP contribution in [0.15, 0.2) is 55.4 Å². The Kier molecular flexibility index (Phi) is 5.65. The third kappa shape index (κ3) is 4.35. The average molecular weight is 420 g/mol. The summed E-state index contributed by atoms with van der Waals surface area (Å²) in [5.74, 6) is 0.449. The Morgan fingerprint density at radius 1 is 1.20 bits per heavy atom. The van der Waals surface area contributed by atoms with Crippen molar-refractivity contribution in [1.29, 1.82) is 0 Å². The standard InChI is InChI=1S/C18H18BrN3O2S/c1-3-22(4-2)13-7-5-12(6-8-13)20-18-21-17(23)15(25-18)11-14-9-10-16(19)24-14/h5-11H,3-4H2,1-2H3,(H,20,21,23). The number of halogens is 1. The lowest BCUT2D eigenvalue weighted by atomic mass is 10.2. The van der Waals surface area contributed by atoms with Gasteiger partial charge in [-0.05, 0) is 77.9 Å². The summed E-state index contributed by atoms with van der Waals surface area (Å²) in [6, 6.07) is 11.6. The number of carbonyl (C=O) groups is 1. The lowest BCUT2D eigenvalue weighted by molar-refractivity contribution is -0.115. The summed E-state index contributed by atoms with van der Waals surface area (Å²) >= 11 is 4.55. The predicted molar refractivity (Wildman–Crippen MR) is 107 cm³/mol. The maximum Gasteiger partial charge on any atom is 0.264 e. The summed E-state index contributed by atoms with van der Waals surface area (Å²) in [5, 5.41) is 3.35. The molecule has 130 valence electrons. The van der Waals surface area contributed by atoms with Crippen molar-refractivity contribution < 1.29 is 9.21 Å². The summed E-state index contributed by atoms with van der Waals surface area (Å²) in [6.45, 7) is 6.20. The van der Waals surface area contributed by atoms with E-state index in [1.807, 2.05) is 24.3 Å². The maximum atomic E-state index is 12.1. The lowest BCUT2D eigenvalue weighted by Gasteiger charge is -2.20. The molecule has 1 saturated heterocycles. The lowest BCUT2D eigenvalue weighted by Crippen LogP contribution is -2.21. The molecule has 3 rings (SSSR count). The molecule has 1 aromatic heterocycles. The molecule has 1 amide bonds. The number of furan rings is 1. The van der Waals surface area contributed by atoms with E-state index in [0.717, 1.165) is 18.8 Å². The van der Waals surface area contributed by atoms with Crippen LogP contribution in [0.4, 0.5) is 11.4 Å². The molecule has 1 fully saturated rings. The van der Waals surface area contributed by atoms with E-state index in [1.165, 1.54) is 17.4 Å². The van der Waals surface area contributed by atoms with Crippen LogP contribution >= 0.6 is 27.7 Å². The number of anilines is 1. The highest BCUT2D eigenvalue weighted by atomic mass is 79.9. The zero-order chi connectivity index (χ0) is 17.8. The molecule has 7 heteroatoms. The molecule has 5 nitrogen and oxygen atoms in total. The SMILES string of the molecule is CCN(CC)c1ccc(N=C2NC(=O)C(=Cc3ccc(Br)o3)S2)cc1. The second-order valence-corrected chi connectivity index (χ2v) is 7.12. The monoisotopic (exact) mass is 419 g/mol. The quantitative estimate of drug-likeness (QED) is 0.708. The second kappa shape index (κ2) is 7.93. The van der Waals surface area contributed by atoms with Crippen LogP contribution in [0.1, 0.15) is 19.6 Å². The summed E-state index contributed by atoms with van der Waals surface area (Å²) in [6.07, 6.45) is 1.71. The van der Waals surface area contributed by atoms with Crippen LogP contribution in [0.25, 0.3) is 6.08 Å². The summed E-state index contributed by atoms with van der Waals surface area (Å²) in [5.41, 5.74) is 1.97. The highest BCUT2D eigenvalue weighted by molar-refractivity contribution is 9.10. The number of amides is 1. The maximum absolute atomic E-state index is 12.1. The Labute approximate surface area is 159 Å². The molecule has 0 unspecified atom stereocenters. The molecule has 1 N–H and O–H groups in total. The Bertz CT molecular complexity index is 823. The molecule has 25 heavy (non-hydrogen) atoms. The number of carbonyl (C=O) groups excluding carboxylic acids is 1. The average Bonchev–Trinajstić information content (AvgIpc) is 3.16. The Morgan fingerprint density at radius 3 is 2.52 bits per heavy atom. The van der Waals surface area contributed by atoms with E-state index in [4.69, 9.17) is 4.42 Å². The van der Waals surface area contributed by atoms with Gasteiger partial charge in [-0.25, -0.2) is 4.99 Å². The van der Waals surface area contributed by atoms with Gasteiger partial charge in [0.1, 0.15) is 5.76 Å². The van der Waals surface area contributed by atoms with Crippen molar-refractivity contribution in [2.75, 3.05) is 18.0 Å². The van der Waals surface area contributed by atoms with Crippen molar-refractivity contribution >= 4 is 56.2 Å². The molecule has 0 aliphatic carbocycles. The van der Waals surface area contributed by atoms with Gasteiger partial charge in [-0.3, -0.25) is 4.79 Å². The van der Waals surface area contributed by atoms with E-state index in [0.29, 0.717) is 20.5 Å². The number of hydrogen-bond donors (Lipinski definition) is 1. The van der Waals surface area contributed by atoms with Crippen LogP contribution in [0.5, 0.6) is 0 Å². The second-order valence-electron chi connectivity index (χ2n) is 5.31. The van der Waals surface area contributed by atoms with Crippen molar-refractivity contribution in [1.82, 2.24) is 5.32 Å². The molecule has 0 radical (unpaired) electrons. The van der Waals surface area contributed by atoms with Crippen molar-refractivity contribution in [2.45, 2.75) is 13.8 Å². The number of hydrogen-bond acceptors (Lipinski definition) is 5. The Morgan fingerprint density at radius 2 is 1.92 bits per heavy atom. The molecular formula is C18H18BrN3O2S. The minimum atomic E-state index is -0.170. The van der Waals surface area contributed by atoms with Gasteiger partial charge in [0.05, 0.1) is 10.6 Å². The fourth-order valence-electron chi connectivity index (χ4n) is 2.46. The molecule has 2 heterocycles. The van der Waals surface area contributed by atoms with Crippen LogP contribution in [-0.4, -0.2) is 24.2 Å². The zero-order valence-electron chi connectivity index (χ0n) is 14.0. The van der Waals surface area contributed by atoms with Crippen molar-refractivity contribution in [3.63, 3.8) is 0 Å². The Hall–Kier alpha value is -1.99. The van der Waals surface area contributed by atoms with Crippen LogP contribution in [0, 0.1) is 0 Å².